The van der Waals surface area contributed by atoms with Crippen molar-refractivity contribution >= 4 is 17.0 Å². The summed E-state index contributed by atoms with van der Waals surface area (Å²) < 4.78 is 5.52. The van der Waals surface area contributed by atoms with Gasteiger partial charge in [0, 0.05) is 11.6 Å². The summed E-state index contributed by atoms with van der Waals surface area (Å²) in [5.74, 6) is 0.220. The lowest BCUT2D eigenvalue weighted by Gasteiger charge is -2.15. The molecule has 5 heteroatoms. The minimum absolute atomic E-state index is 0.240. The number of H-pyrrole nitrogens is 1. The molecule has 26 heavy (non-hydrogen) atoms. The van der Waals surface area contributed by atoms with Crippen LogP contribution in [0.1, 0.15) is 81.3 Å². The Hall–Kier alpha value is -1.88. The number of esters is 1. The fourth-order valence-corrected chi connectivity index (χ4v) is 3.41. The minimum Gasteiger partial charge on any atom is -0.462 e. The molecule has 1 atom stereocenters. The van der Waals surface area contributed by atoms with Crippen molar-refractivity contribution in [2.75, 3.05) is 6.61 Å². The summed E-state index contributed by atoms with van der Waals surface area (Å²) in [4.78, 5) is 19.7. The molecule has 0 fully saturated rings. The van der Waals surface area contributed by atoms with Crippen LogP contribution in [0.2, 0.25) is 0 Å². The molecule has 5 nitrogen and oxygen atoms in total. The van der Waals surface area contributed by atoms with Crippen LogP contribution in [0, 0.1) is 5.92 Å². The predicted octanol–water partition coefficient (Wildman–Crippen LogP) is 4.99. The number of nitrogens with one attached hydrogen (secondary N) is 1. The second kappa shape index (κ2) is 11.0. The van der Waals surface area contributed by atoms with Gasteiger partial charge in [0.1, 0.15) is 5.65 Å². The normalized spacial score (nSPS) is 12.4. The van der Waals surface area contributed by atoms with Crippen LogP contribution in [0.3, 0.4) is 0 Å². The van der Waals surface area contributed by atoms with Crippen molar-refractivity contribution in [3.63, 3.8) is 0 Å². The molecule has 0 aliphatic carbocycles. The fraction of sp³-hybridized carbons (Fsp3) is 0.619. The quantitative estimate of drug-likeness (QED) is 0.413. The van der Waals surface area contributed by atoms with Crippen molar-refractivity contribution < 1.29 is 14.6 Å². The summed E-state index contributed by atoms with van der Waals surface area (Å²) in [7, 11) is 0. The van der Waals surface area contributed by atoms with Gasteiger partial charge in [-0.15, -0.1) is 0 Å². The number of fused-ring (bicyclic) bond motifs is 1. The Labute approximate surface area is 156 Å². The first-order chi connectivity index (χ1) is 12.7. The molecule has 2 rings (SSSR count). The molecule has 2 N–H and O–H groups in total. The Bertz CT molecular complexity index is 681. The maximum Gasteiger partial charge on any atom is 0.340 e. The van der Waals surface area contributed by atoms with Crippen molar-refractivity contribution in [3.8, 4) is 0 Å². The number of nitrogens with zero attached hydrogens (tertiary/aromatic N) is 1. The number of aliphatic hydroxyl groups excluding tert-OH is 1. The van der Waals surface area contributed by atoms with E-state index in [1.807, 2.05) is 6.07 Å². The summed E-state index contributed by atoms with van der Waals surface area (Å²) in [5, 5.41) is 10.2. The third-order valence-electron chi connectivity index (χ3n) is 5.06. The van der Waals surface area contributed by atoms with Gasteiger partial charge >= 0.3 is 5.97 Å². The maximum atomic E-state index is 12.5. The average Bonchev–Trinajstić information content (AvgIpc) is 3.05. The Balaban J connectivity index is 1.84. The highest BCUT2D eigenvalue weighted by Crippen LogP contribution is 2.23. The number of aromatic amines is 1. The number of ether oxygens (including phenoxy) is 1. The van der Waals surface area contributed by atoms with Crippen LogP contribution in [0.25, 0.3) is 11.0 Å². The number of pyridine rings is 1. The molecule has 2 aromatic rings. The Morgan fingerprint density at radius 1 is 1.23 bits per heavy atom. The van der Waals surface area contributed by atoms with E-state index >= 15 is 0 Å². The van der Waals surface area contributed by atoms with Crippen molar-refractivity contribution in [2.45, 2.75) is 71.8 Å². The smallest absolute Gasteiger partial charge is 0.340 e. The maximum absolute atomic E-state index is 12.5. The van der Waals surface area contributed by atoms with E-state index in [4.69, 9.17) is 4.74 Å². The predicted molar refractivity (Wildman–Crippen MR) is 104 cm³/mol. The van der Waals surface area contributed by atoms with Crippen LogP contribution in [0.4, 0.5) is 0 Å². The molecule has 0 spiro atoms. The first-order valence-corrected chi connectivity index (χ1v) is 9.94. The molecule has 1 unspecified atom stereocenters. The van der Waals surface area contributed by atoms with Crippen LogP contribution in [-0.2, 0) is 11.3 Å². The van der Waals surface area contributed by atoms with E-state index in [0.29, 0.717) is 34.8 Å². The van der Waals surface area contributed by atoms with Crippen LogP contribution >= 0.6 is 0 Å². The average molecular weight is 360 g/mol. The van der Waals surface area contributed by atoms with Gasteiger partial charge in [-0.25, -0.2) is 9.78 Å². The monoisotopic (exact) mass is 360 g/mol. The van der Waals surface area contributed by atoms with Crippen molar-refractivity contribution in [1.29, 1.82) is 0 Å². The van der Waals surface area contributed by atoms with Crippen LogP contribution in [0.15, 0.2) is 18.3 Å². The lowest BCUT2D eigenvalue weighted by atomic mass is 9.95. The number of aromatic nitrogens is 2. The summed E-state index contributed by atoms with van der Waals surface area (Å²) in [6.45, 7) is 4.61. The number of unbranched alkanes of at least 4 members (excludes halogenated alkanes) is 4. The standard InChI is InChI=1S/C21H32N2O3/c1-3-5-6-7-8-10-16(4-2)12-14-26-21(25)19-17-11-9-13-22-20(17)23-18(19)15-24/h9,11,13,16,24H,3-8,10,12,14-15H2,1-2H3,(H,22,23). The van der Waals surface area contributed by atoms with E-state index in [0.717, 1.165) is 12.8 Å². The van der Waals surface area contributed by atoms with Gasteiger partial charge < -0.3 is 14.8 Å². The molecule has 0 saturated heterocycles. The number of aliphatic hydroxyl groups is 1. The molecule has 2 aromatic heterocycles. The zero-order chi connectivity index (χ0) is 18.8. The lowest BCUT2D eigenvalue weighted by Crippen LogP contribution is -2.11. The van der Waals surface area contributed by atoms with Gasteiger partial charge in [0.25, 0.3) is 0 Å². The zero-order valence-electron chi connectivity index (χ0n) is 16.1. The summed E-state index contributed by atoms with van der Waals surface area (Å²) in [6, 6.07) is 3.60. The molecule has 0 aromatic carbocycles. The van der Waals surface area contributed by atoms with E-state index in [9.17, 15) is 9.90 Å². The van der Waals surface area contributed by atoms with Crippen molar-refractivity contribution in [2.24, 2.45) is 5.92 Å². The number of hydrogen-bond donors (Lipinski definition) is 2. The molecular formula is C21H32N2O3. The lowest BCUT2D eigenvalue weighted by molar-refractivity contribution is 0.0478. The first-order valence-electron chi connectivity index (χ1n) is 9.94. The molecule has 2 heterocycles. The molecular weight excluding hydrogens is 328 g/mol. The molecule has 0 bridgehead atoms. The highest BCUT2D eigenvalue weighted by molar-refractivity contribution is 6.04. The molecule has 0 aliphatic heterocycles. The van der Waals surface area contributed by atoms with Gasteiger partial charge in [-0.1, -0.05) is 58.8 Å². The van der Waals surface area contributed by atoms with E-state index in [2.05, 4.69) is 23.8 Å². The van der Waals surface area contributed by atoms with E-state index in [1.165, 1.54) is 38.5 Å². The topological polar surface area (TPSA) is 75.2 Å². The van der Waals surface area contributed by atoms with Gasteiger partial charge in [0.05, 0.1) is 24.5 Å². The highest BCUT2D eigenvalue weighted by Gasteiger charge is 2.20. The first kappa shape index (κ1) is 20.4. The molecule has 0 saturated carbocycles. The van der Waals surface area contributed by atoms with E-state index < -0.39 is 0 Å². The van der Waals surface area contributed by atoms with Gasteiger partial charge in [-0.2, -0.15) is 0 Å². The number of carbonyl (C=O) groups excluding carboxylic acids is 1. The van der Waals surface area contributed by atoms with E-state index in [1.54, 1.807) is 12.3 Å². The third-order valence-corrected chi connectivity index (χ3v) is 5.06. The largest absolute Gasteiger partial charge is 0.462 e. The van der Waals surface area contributed by atoms with Crippen LogP contribution < -0.4 is 0 Å². The Kier molecular flexibility index (Phi) is 8.62. The van der Waals surface area contributed by atoms with Gasteiger partial charge in [-0.3, -0.25) is 0 Å². The molecule has 144 valence electrons. The number of rotatable bonds is 12. The van der Waals surface area contributed by atoms with E-state index in [-0.39, 0.29) is 12.6 Å². The third kappa shape index (κ3) is 5.56. The Morgan fingerprint density at radius 3 is 2.77 bits per heavy atom. The minimum atomic E-state index is -0.383. The Morgan fingerprint density at radius 2 is 2.04 bits per heavy atom. The van der Waals surface area contributed by atoms with Crippen LogP contribution in [0.5, 0.6) is 0 Å². The zero-order valence-corrected chi connectivity index (χ0v) is 16.1. The second-order valence-electron chi connectivity index (χ2n) is 6.94. The summed E-state index contributed by atoms with van der Waals surface area (Å²) in [6.07, 6.45) is 11.3. The summed E-state index contributed by atoms with van der Waals surface area (Å²) >= 11 is 0. The van der Waals surface area contributed by atoms with Crippen LogP contribution in [-0.4, -0.2) is 27.7 Å². The van der Waals surface area contributed by atoms with Gasteiger partial charge in [0.15, 0.2) is 0 Å². The SMILES string of the molecule is CCCCCCCC(CC)CCOC(=O)c1c(CO)[nH]c2ncccc12. The number of hydrogen-bond acceptors (Lipinski definition) is 4. The second-order valence-corrected chi connectivity index (χ2v) is 6.94. The van der Waals surface area contributed by atoms with Crippen molar-refractivity contribution in [1.82, 2.24) is 9.97 Å². The molecule has 0 aliphatic rings. The summed E-state index contributed by atoms with van der Waals surface area (Å²) in [5.41, 5.74) is 1.47. The molecule has 0 radical (unpaired) electrons. The number of carbonyl (C=O) groups is 1. The highest BCUT2D eigenvalue weighted by atomic mass is 16.5. The van der Waals surface area contributed by atoms with Gasteiger partial charge in [-0.05, 0) is 24.5 Å². The fourth-order valence-electron chi connectivity index (χ4n) is 3.41. The van der Waals surface area contributed by atoms with Gasteiger partial charge in [0.2, 0.25) is 0 Å². The molecule has 0 amide bonds. The van der Waals surface area contributed by atoms with Crippen molar-refractivity contribution in [3.05, 3.63) is 29.6 Å².